The van der Waals surface area contributed by atoms with Crippen molar-refractivity contribution in [3.63, 3.8) is 0 Å². The van der Waals surface area contributed by atoms with Crippen molar-refractivity contribution in [1.29, 1.82) is 0 Å². The second-order valence-electron chi connectivity index (χ2n) is 2.78. The van der Waals surface area contributed by atoms with Gasteiger partial charge in [0.05, 0.1) is 11.1 Å². The Hall–Kier alpha value is -0.480. The van der Waals surface area contributed by atoms with E-state index in [1.807, 2.05) is 18.0 Å². The van der Waals surface area contributed by atoms with Crippen molar-refractivity contribution in [3.05, 3.63) is 18.0 Å². The van der Waals surface area contributed by atoms with Gasteiger partial charge in [0.25, 0.3) is 0 Å². The van der Waals surface area contributed by atoms with E-state index < -0.39 is 0 Å². The van der Waals surface area contributed by atoms with Crippen LogP contribution in [0, 0.1) is 0 Å². The highest BCUT2D eigenvalue weighted by molar-refractivity contribution is 7.99. The van der Waals surface area contributed by atoms with Gasteiger partial charge in [0.1, 0.15) is 0 Å². The lowest BCUT2D eigenvalue weighted by Crippen LogP contribution is -2.16. The highest BCUT2D eigenvalue weighted by Gasteiger charge is 2.19. The molecular formula is C8H13N3S. The largest absolute Gasteiger partial charge is 0.300 e. The standard InChI is InChI=1S/C8H13N3S/c1-2-11-7(3-4-10-11)8-9-5-6-12-8/h3-4,8-9H,2,5-6H2,1H3. The molecule has 1 N–H and O–H groups in total. The highest BCUT2D eigenvalue weighted by atomic mass is 32.2. The summed E-state index contributed by atoms with van der Waals surface area (Å²) in [6.07, 6.45) is 1.87. The summed E-state index contributed by atoms with van der Waals surface area (Å²) in [7, 11) is 0. The van der Waals surface area contributed by atoms with Gasteiger partial charge in [-0.25, -0.2) is 0 Å². The van der Waals surface area contributed by atoms with E-state index in [-0.39, 0.29) is 0 Å². The van der Waals surface area contributed by atoms with Gasteiger partial charge in [-0.15, -0.1) is 11.8 Å². The van der Waals surface area contributed by atoms with Crippen molar-refractivity contribution in [3.8, 4) is 0 Å². The van der Waals surface area contributed by atoms with Crippen LogP contribution in [0.1, 0.15) is 18.0 Å². The molecule has 2 rings (SSSR count). The van der Waals surface area contributed by atoms with Crippen molar-refractivity contribution in [2.45, 2.75) is 18.8 Å². The Morgan fingerprint density at radius 1 is 1.83 bits per heavy atom. The second-order valence-corrected chi connectivity index (χ2v) is 3.99. The van der Waals surface area contributed by atoms with Crippen molar-refractivity contribution in [2.75, 3.05) is 12.3 Å². The quantitative estimate of drug-likeness (QED) is 0.748. The third-order valence-corrected chi connectivity index (χ3v) is 3.22. The maximum absolute atomic E-state index is 4.24. The fraction of sp³-hybridized carbons (Fsp3) is 0.625. The van der Waals surface area contributed by atoms with Crippen LogP contribution in [-0.4, -0.2) is 22.1 Å². The predicted molar refractivity (Wildman–Crippen MR) is 51.1 cm³/mol. The van der Waals surface area contributed by atoms with Gasteiger partial charge in [0.2, 0.25) is 0 Å². The van der Waals surface area contributed by atoms with Crippen molar-refractivity contribution >= 4 is 11.8 Å². The number of thioether (sulfide) groups is 1. The van der Waals surface area contributed by atoms with Crippen molar-refractivity contribution in [2.24, 2.45) is 0 Å². The third kappa shape index (κ3) is 1.36. The minimum atomic E-state index is 0.465. The molecular weight excluding hydrogens is 170 g/mol. The fourth-order valence-corrected chi connectivity index (χ4v) is 2.52. The van der Waals surface area contributed by atoms with Crippen LogP contribution in [0.3, 0.4) is 0 Å². The minimum Gasteiger partial charge on any atom is -0.300 e. The van der Waals surface area contributed by atoms with Crippen LogP contribution in [0.4, 0.5) is 0 Å². The zero-order valence-corrected chi connectivity index (χ0v) is 7.97. The molecule has 66 valence electrons. The first kappa shape index (κ1) is 8.13. The van der Waals surface area contributed by atoms with Crippen LogP contribution in [0.15, 0.2) is 12.3 Å². The van der Waals surface area contributed by atoms with Crippen LogP contribution in [-0.2, 0) is 6.54 Å². The number of aryl methyl sites for hydroxylation is 1. The highest BCUT2D eigenvalue weighted by Crippen LogP contribution is 2.29. The molecule has 0 amide bonds. The molecule has 0 bridgehead atoms. The topological polar surface area (TPSA) is 29.9 Å². The Morgan fingerprint density at radius 3 is 3.42 bits per heavy atom. The van der Waals surface area contributed by atoms with E-state index in [4.69, 9.17) is 0 Å². The zero-order chi connectivity index (χ0) is 8.39. The predicted octanol–water partition coefficient (Wildman–Crippen LogP) is 1.24. The van der Waals surface area contributed by atoms with Gasteiger partial charge in [-0.3, -0.25) is 10.00 Å². The summed E-state index contributed by atoms with van der Waals surface area (Å²) < 4.78 is 2.05. The van der Waals surface area contributed by atoms with Gasteiger partial charge in [-0.05, 0) is 13.0 Å². The molecule has 4 heteroatoms. The summed E-state index contributed by atoms with van der Waals surface area (Å²) in [6, 6.07) is 2.10. The van der Waals surface area contributed by atoms with Crippen LogP contribution in [0.25, 0.3) is 0 Å². The van der Waals surface area contributed by atoms with Gasteiger partial charge < -0.3 is 0 Å². The second kappa shape index (κ2) is 3.49. The first-order valence-corrected chi connectivity index (χ1v) is 5.33. The van der Waals surface area contributed by atoms with Gasteiger partial charge in [-0.1, -0.05) is 0 Å². The SMILES string of the molecule is CCn1nccc1C1NCCS1. The molecule has 1 saturated heterocycles. The van der Waals surface area contributed by atoms with Crippen LogP contribution in [0.5, 0.6) is 0 Å². The first-order chi connectivity index (χ1) is 5.92. The molecule has 1 aliphatic heterocycles. The molecule has 0 spiro atoms. The molecule has 0 aromatic carbocycles. The molecule has 1 aromatic heterocycles. The Kier molecular flexibility index (Phi) is 2.37. The molecule has 0 saturated carbocycles. The summed E-state index contributed by atoms with van der Waals surface area (Å²) in [6.45, 7) is 4.20. The van der Waals surface area contributed by atoms with E-state index in [2.05, 4.69) is 28.1 Å². The lowest BCUT2D eigenvalue weighted by molar-refractivity contribution is 0.593. The minimum absolute atomic E-state index is 0.465. The summed E-state index contributed by atoms with van der Waals surface area (Å²) in [5, 5.41) is 8.14. The third-order valence-electron chi connectivity index (χ3n) is 2.03. The Bertz CT molecular complexity index is 253. The number of hydrogen-bond donors (Lipinski definition) is 1. The molecule has 1 aromatic rings. The van der Waals surface area contributed by atoms with Gasteiger partial charge in [0, 0.05) is 25.0 Å². The summed E-state index contributed by atoms with van der Waals surface area (Å²) in [5.74, 6) is 1.21. The van der Waals surface area contributed by atoms with E-state index in [0.29, 0.717) is 5.37 Å². The lowest BCUT2D eigenvalue weighted by Gasteiger charge is -2.10. The van der Waals surface area contributed by atoms with Gasteiger partial charge in [0.15, 0.2) is 0 Å². The summed E-state index contributed by atoms with van der Waals surface area (Å²) >= 11 is 1.96. The monoisotopic (exact) mass is 183 g/mol. The van der Waals surface area contributed by atoms with Crippen LogP contribution in [0.2, 0.25) is 0 Å². The number of nitrogens with one attached hydrogen (secondary N) is 1. The van der Waals surface area contributed by atoms with Gasteiger partial charge >= 0.3 is 0 Å². The van der Waals surface area contributed by atoms with Crippen LogP contribution >= 0.6 is 11.8 Å². The van der Waals surface area contributed by atoms with Crippen LogP contribution < -0.4 is 5.32 Å². The average molecular weight is 183 g/mol. The van der Waals surface area contributed by atoms with E-state index in [9.17, 15) is 0 Å². The molecule has 12 heavy (non-hydrogen) atoms. The Morgan fingerprint density at radius 2 is 2.75 bits per heavy atom. The van der Waals surface area contributed by atoms with E-state index in [0.717, 1.165) is 13.1 Å². The molecule has 1 unspecified atom stereocenters. The summed E-state index contributed by atoms with van der Waals surface area (Å²) in [4.78, 5) is 0. The Balaban J connectivity index is 2.19. The number of aromatic nitrogens is 2. The average Bonchev–Trinajstić information content (AvgIpc) is 2.74. The molecule has 1 aliphatic rings. The van der Waals surface area contributed by atoms with E-state index in [1.54, 1.807) is 0 Å². The van der Waals surface area contributed by atoms with E-state index in [1.165, 1.54) is 11.4 Å². The number of hydrogen-bond acceptors (Lipinski definition) is 3. The maximum Gasteiger partial charge on any atom is 0.0959 e. The number of nitrogens with zero attached hydrogens (tertiary/aromatic N) is 2. The molecule has 1 atom stereocenters. The summed E-state index contributed by atoms with van der Waals surface area (Å²) in [5.41, 5.74) is 1.31. The molecule has 0 radical (unpaired) electrons. The van der Waals surface area contributed by atoms with E-state index >= 15 is 0 Å². The van der Waals surface area contributed by atoms with Gasteiger partial charge in [-0.2, -0.15) is 5.10 Å². The molecule has 0 aliphatic carbocycles. The number of rotatable bonds is 2. The normalized spacial score (nSPS) is 23.2. The van der Waals surface area contributed by atoms with Crippen molar-refractivity contribution in [1.82, 2.24) is 15.1 Å². The van der Waals surface area contributed by atoms with Crippen molar-refractivity contribution < 1.29 is 0 Å². The zero-order valence-electron chi connectivity index (χ0n) is 7.16. The maximum atomic E-state index is 4.24. The molecule has 2 heterocycles. The smallest absolute Gasteiger partial charge is 0.0959 e. The molecule has 1 fully saturated rings. The lowest BCUT2D eigenvalue weighted by atomic mass is 10.4. The molecule has 3 nitrogen and oxygen atoms in total. The Labute approximate surface area is 76.5 Å². The first-order valence-electron chi connectivity index (χ1n) is 4.28. The fourth-order valence-electron chi connectivity index (χ4n) is 1.45.